The maximum absolute atomic E-state index is 14.6. The summed E-state index contributed by atoms with van der Waals surface area (Å²) in [6.45, 7) is 2.49. The minimum absolute atomic E-state index is 0.0834. The van der Waals surface area contributed by atoms with E-state index in [9.17, 15) is 22.4 Å². The fraction of sp³-hybridized carbons (Fsp3) is 0.550. The fourth-order valence-corrected chi connectivity index (χ4v) is 4.17. The van der Waals surface area contributed by atoms with E-state index in [0.717, 1.165) is 12.3 Å². The van der Waals surface area contributed by atoms with Crippen molar-refractivity contribution in [3.63, 3.8) is 0 Å². The van der Waals surface area contributed by atoms with Crippen molar-refractivity contribution < 1.29 is 22.4 Å². The highest BCUT2D eigenvalue weighted by Gasteiger charge is 2.29. The Kier molecular flexibility index (Phi) is 8.17. The van der Waals surface area contributed by atoms with Crippen LogP contribution in [0, 0.1) is 17.1 Å². The molecule has 1 aliphatic rings. The van der Waals surface area contributed by atoms with Gasteiger partial charge in [-0.05, 0) is 37.0 Å². The molecule has 2 N–H and O–H groups in total. The van der Waals surface area contributed by atoms with Crippen LogP contribution in [0.3, 0.4) is 0 Å². The van der Waals surface area contributed by atoms with Crippen molar-refractivity contribution in [1.82, 2.24) is 15.5 Å². The zero-order chi connectivity index (χ0) is 22.3. The lowest BCUT2D eigenvalue weighted by atomic mass is 9.90. The van der Waals surface area contributed by atoms with Crippen molar-refractivity contribution in [1.29, 1.82) is 5.26 Å². The highest BCUT2D eigenvalue weighted by atomic mass is 32.2. The molecular weight excluding hydrogens is 411 g/mol. The van der Waals surface area contributed by atoms with Crippen LogP contribution in [0.2, 0.25) is 0 Å². The number of benzene rings is 1. The molecule has 2 atom stereocenters. The molecule has 3 amide bonds. The lowest BCUT2D eigenvalue weighted by Gasteiger charge is -2.34. The summed E-state index contributed by atoms with van der Waals surface area (Å²) in [4.78, 5) is 26.3. The first-order valence-corrected chi connectivity index (χ1v) is 11.8. The summed E-state index contributed by atoms with van der Waals surface area (Å²) in [6.07, 6.45) is 3.45. The molecule has 1 aromatic rings. The number of nitrogens with zero attached hydrogens (tertiary/aromatic N) is 2. The van der Waals surface area contributed by atoms with Crippen LogP contribution in [0.1, 0.15) is 44.1 Å². The van der Waals surface area contributed by atoms with Gasteiger partial charge in [0.1, 0.15) is 18.4 Å². The molecule has 1 fully saturated rings. The second kappa shape index (κ2) is 10.4. The molecule has 0 saturated carbocycles. The lowest BCUT2D eigenvalue weighted by Crippen LogP contribution is -2.53. The molecule has 0 bridgehead atoms. The number of likely N-dealkylation sites (tertiary alicyclic amines) is 1. The number of hydrogen-bond acceptors (Lipinski definition) is 5. The molecule has 0 aliphatic carbocycles. The van der Waals surface area contributed by atoms with E-state index < -0.39 is 33.6 Å². The Balaban J connectivity index is 2.09. The number of nitriles is 1. The first-order chi connectivity index (χ1) is 14.2. The second-order valence-electron chi connectivity index (χ2n) is 7.41. The minimum atomic E-state index is -3.50. The first kappa shape index (κ1) is 23.6. The Morgan fingerprint density at radius 2 is 2.13 bits per heavy atom. The summed E-state index contributed by atoms with van der Waals surface area (Å²) >= 11 is 0. The van der Waals surface area contributed by atoms with Crippen LogP contribution in [0.25, 0.3) is 0 Å². The number of carbonyl (C=O) groups is 2. The van der Waals surface area contributed by atoms with E-state index in [-0.39, 0.29) is 23.9 Å². The molecule has 2 rings (SSSR count). The van der Waals surface area contributed by atoms with Crippen molar-refractivity contribution >= 4 is 21.8 Å². The number of piperidine rings is 1. The average Bonchev–Trinajstić information content (AvgIpc) is 2.71. The normalized spacial score (nSPS) is 17.7. The molecule has 0 spiro atoms. The quantitative estimate of drug-likeness (QED) is 0.631. The van der Waals surface area contributed by atoms with Gasteiger partial charge in [0.25, 0.3) is 0 Å². The summed E-state index contributed by atoms with van der Waals surface area (Å²) in [6, 6.07) is 4.52. The van der Waals surface area contributed by atoms with Gasteiger partial charge in [0, 0.05) is 25.3 Å². The van der Waals surface area contributed by atoms with Gasteiger partial charge in [0.05, 0.1) is 11.0 Å². The van der Waals surface area contributed by atoms with Crippen molar-refractivity contribution in [2.45, 2.75) is 49.5 Å². The van der Waals surface area contributed by atoms with Gasteiger partial charge in [-0.15, -0.1) is 0 Å². The Labute approximate surface area is 176 Å². The SMILES string of the molecule is CCCC(NC(=O)N1CCCC(c2ccc(S(C)(=O)=O)cc2F)C1)C(=O)NCC#N. The molecule has 1 saturated heterocycles. The maximum Gasteiger partial charge on any atom is 0.318 e. The smallest absolute Gasteiger partial charge is 0.318 e. The first-order valence-electron chi connectivity index (χ1n) is 9.87. The van der Waals surface area contributed by atoms with Gasteiger partial charge in [0.15, 0.2) is 9.84 Å². The largest absolute Gasteiger partial charge is 0.341 e. The van der Waals surface area contributed by atoms with Gasteiger partial charge in [-0.3, -0.25) is 4.79 Å². The molecule has 1 aromatic carbocycles. The number of carbonyl (C=O) groups excluding carboxylic acids is 2. The molecule has 30 heavy (non-hydrogen) atoms. The number of amides is 3. The topological polar surface area (TPSA) is 119 Å². The van der Waals surface area contributed by atoms with Crippen molar-refractivity contribution in [2.75, 3.05) is 25.9 Å². The van der Waals surface area contributed by atoms with Crippen LogP contribution in [-0.4, -0.2) is 57.2 Å². The predicted octanol–water partition coefficient (Wildman–Crippen LogP) is 1.93. The third kappa shape index (κ3) is 6.16. The van der Waals surface area contributed by atoms with Crippen LogP contribution in [0.15, 0.2) is 23.1 Å². The Hall–Kier alpha value is -2.67. The van der Waals surface area contributed by atoms with E-state index in [0.29, 0.717) is 37.8 Å². The van der Waals surface area contributed by atoms with Crippen LogP contribution in [0.5, 0.6) is 0 Å². The van der Waals surface area contributed by atoms with Gasteiger partial charge in [-0.1, -0.05) is 19.4 Å². The zero-order valence-corrected chi connectivity index (χ0v) is 18.0. The molecule has 1 heterocycles. The monoisotopic (exact) mass is 438 g/mol. The molecule has 0 aromatic heterocycles. The van der Waals surface area contributed by atoms with Crippen LogP contribution in [0.4, 0.5) is 9.18 Å². The van der Waals surface area contributed by atoms with Crippen LogP contribution in [-0.2, 0) is 14.6 Å². The van der Waals surface area contributed by atoms with E-state index in [1.54, 1.807) is 0 Å². The van der Waals surface area contributed by atoms with Crippen molar-refractivity contribution in [3.8, 4) is 6.07 Å². The highest BCUT2D eigenvalue weighted by molar-refractivity contribution is 7.90. The molecule has 2 unspecified atom stereocenters. The number of hydrogen-bond donors (Lipinski definition) is 2. The number of halogens is 1. The van der Waals surface area contributed by atoms with Gasteiger partial charge < -0.3 is 15.5 Å². The Bertz CT molecular complexity index is 929. The van der Waals surface area contributed by atoms with E-state index in [4.69, 9.17) is 5.26 Å². The number of sulfone groups is 1. The van der Waals surface area contributed by atoms with E-state index in [1.807, 2.05) is 13.0 Å². The number of urea groups is 1. The maximum atomic E-state index is 14.6. The van der Waals surface area contributed by atoms with E-state index in [1.165, 1.54) is 17.0 Å². The van der Waals surface area contributed by atoms with Gasteiger partial charge in [-0.25, -0.2) is 17.6 Å². The minimum Gasteiger partial charge on any atom is -0.341 e. The lowest BCUT2D eigenvalue weighted by molar-refractivity contribution is -0.122. The van der Waals surface area contributed by atoms with Gasteiger partial charge >= 0.3 is 6.03 Å². The summed E-state index contributed by atoms with van der Waals surface area (Å²) in [7, 11) is -3.50. The van der Waals surface area contributed by atoms with Gasteiger partial charge in [0.2, 0.25) is 5.91 Å². The molecular formula is C20H27FN4O4S. The molecule has 0 radical (unpaired) electrons. The third-order valence-electron chi connectivity index (χ3n) is 5.08. The Morgan fingerprint density at radius 1 is 1.40 bits per heavy atom. The summed E-state index contributed by atoms with van der Waals surface area (Å²) < 4.78 is 37.8. The van der Waals surface area contributed by atoms with Crippen LogP contribution < -0.4 is 10.6 Å². The van der Waals surface area contributed by atoms with Crippen molar-refractivity contribution in [3.05, 3.63) is 29.6 Å². The van der Waals surface area contributed by atoms with Gasteiger partial charge in [-0.2, -0.15) is 5.26 Å². The summed E-state index contributed by atoms with van der Waals surface area (Å²) in [5, 5.41) is 13.8. The molecule has 1 aliphatic heterocycles. The number of rotatable bonds is 7. The van der Waals surface area contributed by atoms with E-state index in [2.05, 4.69) is 10.6 Å². The summed E-state index contributed by atoms with van der Waals surface area (Å²) in [5.41, 5.74) is 0.372. The molecule has 10 heteroatoms. The van der Waals surface area contributed by atoms with E-state index >= 15 is 0 Å². The third-order valence-corrected chi connectivity index (χ3v) is 6.19. The zero-order valence-electron chi connectivity index (χ0n) is 17.2. The Morgan fingerprint density at radius 3 is 2.73 bits per heavy atom. The standard InChI is InChI=1S/C20H27FN4O4S/c1-3-5-18(19(26)23-10-9-22)24-20(27)25-11-4-6-14(13-25)16-8-7-15(12-17(16)21)30(2,28)29/h7-8,12,14,18H,3-6,10-11,13H2,1-2H3,(H,23,26)(H,24,27). The summed E-state index contributed by atoms with van der Waals surface area (Å²) in [5.74, 6) is -1.29. The van der Waals surface area contributed by atoms with Crippen molar-refractivity contribution in [2.24, 2.45) is 0 Å². The van der Waals surface area contributed by atoms with Crippen LogP contribution >= 0.6 is 0 Å². The fourth-order valence-electron chi connectivity index (χ4n) is 3.53. The predicted molar refractivity (Wildman–Crippen MR) is 109 cm³/mol. The second-order valence-corrected chi connectivity index (χ2v) is 9.42. The highest BCUT2D eigenvalue weighted by Crippen LogP contribution is 2.30. The average molecular weight is 439 g/mol. The molecule has 164 valence electrons. The molecule has 8 nitrogen and oxygen atoms in total. The number of nitrogens with one attached hydrogen (secondary N) is 2.